The molecule has 5 N–H and O–H groups in total. The Labute approximate surface area is 236 Å². The summed E-state index contributed by atoms with van der Waals surface area (Å²) in [7, 11) is -1.00. The first-order valence-corrected chi connectivity index (χ1v) is 14.2. The fourth-order valence-electron chi connectivity index (χ4n) is 4.29. The predicted molar refractivity (Wildman–Crippen MR) is 157 cm³/mol. The maximum Gasteiger partial charge on any atom is 0.322 e. The summed E-state index contributed by atoms with van der Waals surface area (Å²) in [5.74, 6) is -0.773. The van der Waals surface area contributed by atoms with Crippen LogP contribution in [0.2, 0.25) is 0 Å². The summed E-state index contributed by atoms with van der Waals surface area (Å²) in [6.45, 7) is 7.35. The van der Waals surface area contributed by atoms with E-state index in [1.165, 1.54) is 14.2 Å². The topological polar surface area (TPSA) is 151 Å². The summed E-state index contributed by atoms with van der Waals surface area (Å²) in [5, 5.41) is 0. The first-order chi connectivity index (χ1) is 18.8. The maximum absolute atomic E-state index is 12.8. The molecule has 40 heavy (non-hydrogen) atoms. The predicted octanol–water partition coefficient (Wildman–Crippen LogP) is 4.08. The summed E-state index contributed by atoms with van der Waals surface area (Å²) in [6.07, 6.45) is 1.00. The third kappa shape index (κ3) is 9.39. The van der Waals surface area contributed by atoms with Gasteiger partial charge in [-0.05, 0) is 80.1 Å². The monoisotopic (exact) mass is 569 g/mol. The van der Waals surface area contributed by atoms with Gasteiger partial charge in [0.2, 0.25) is 0 Å². The molecule has 216 valence electrons. The van der Waals surface area contributed by atoms with Crippen LogP contribution in [0.15, 0.2) is 65.6 Å². The van der Waals surface area contributed by atoms with Crippen molar-refractivity contribution < 1.29 is 27.5 Å². The highest BCUT2D eigenvalue weighted by Crippen LogP contribution is 2.24. The molecule has 10 heteroatoms. The van der Waals surface area contributed by atoms with Gasteiger partial charge in [0.1, 0.15) is 6.04 Å². The first kappa shape index (κ1) is 32.3. The van der Waals surface area contributed by atoms with E-state index in [0.29, 0.717) is 34.6 Å². The molecule has 0 aliphatic heterocycles. The Hall–Kier alpha value is -3.89. The molecule has 0 aromatic heterocycles. The Morgan fingerprint density at radius 3 is 1.80 bits per heavy atom. The second kappa shape index (κ2) is 14.5. The average molecular weight is 570 g/mol. The fourth-order valence-corrected chi connectivity index (χ4v) is 5.80. The van der Waals surface area contributed by atoms with E-state index in [2.05, 4.69) is 14.2 Å². The number of methoxy groups -OCH3 is 2. The van der Waals surface area contributed by atoms with Crippen LogP contribution < -0.4 is 16.2 Å². The zero-order valence-electron chi connectivity index (χ0n) is 23.9. The second-order valence-electron chi connectivity index (χ2n) is 9.73. The minimum Gasteiger partial charge on any atom is -0.469 e. The molecule has 0 aliphatic rings. The van der Waals surface area contributed by atoms with Crippen molar-refractivity contribution in [2.24, 2.45) is 11.7 Å². The SMILES string of the molecule is COC(=O)C(C)Cc1ccc(N)cc1.COC(=O)C(N)Cc1ccc(NS(=O)(=O)c2c(C)cc(C)cc2C)cc1. The number of hydrogen-bond donors (Lipinski definition) is 3. The molecule has 0 aliphatic carbocycles. The number of benzene rings is 3. The van der Waals surface area contributed by atoms with E-state index in [1.54, 1.807) is 38.1 Å². The van der Waals surface area contributed by atoms with E-state index >= 15 is 0 Å². The molecule has 0 fully saturated rings. The van der Waals surface area contributed by atoms with Crippen LogP contribution in [-0.4, -0.2) is 40.6 Å². The number of carbonyl (C=O) groups excluding carboxylic acids is 2. The fraction of sp³-hybridized carbons (Fsp3) is 0.333. The van der Waals surface area contributed by atoms with Crippen LogP contribution in [0.4, 0.5) is 11.4 Å². The first-order valence-electron chi connectivity index (χ1n) is 12.7. The number of aryl methyl sites for hydroxylation is 3. The van der Waals surface area contributed by atoms with Crippen molar-refractivity contribution in [1.29, 1.82) is 0 Å². The number of nitrogen functional groups attached to an aromatic ring is 1. The van der Waals surface area contributed by atoms with E-state index in [0.717, 1.165) is 22.4 Å². The van der Waals surface area contributed by atoms with Gasteiger partial charge in [0, 0.05) is 11.4 Å². The molecule has 0 saturated carbocycles. The van der Waals surface area contributed by atoms with Gasteiger partial charge in [-0.2, -0.15) is 0 Å². The maximum atomic E-state index is 12.8. The third-order valence-electron chi connectivity index (χ3n) is 6.16. The summed E-state index contributed by atoms with van der Waals surface area (Å²) < 4.78 is 37.3. The zero-order valence-corrected chi connectivity index (χ0v) is 24.7. The molecular weight excluding hydrogens is 530 g/mol. The van der Waals surface area contributed by atoms with Gasteiger partial charge in [-0.25, -0.2) is 8.42 Å². The van der Waals surface area contributed by atoms with Gasteiger partial charge in [0.15, 0.2) is 0 Å². The van der Waals surface area contributed by atoms with Gasteiger partial charge in [0.05, 0.1) is 25.0 Å². The summed E-state index contributed by atoms with van der Waals surface area (Å²) >= 11 is 0. The van der Waals surface area contributed by atoms with Crippen molar-refractivity contribution in [1.82, 2.24) is 0 Å². The molecule has 0 spiro atoms. The van der Waals surface area contributed by atoms with E-state index in [4.69, 9.17) is 11.5 Å². The van der Waals surface area contributed by atoms with Crippen LogP contribution in [0, 0.1) is 26.7 Å². The van der Waals surface area contributed by atoms with E-state index in [-0.39, 0.29) is 11.9 Å². The number of carbonyl (C=O) groups is 2. The average Bonchev–Trinajstić information content (AvgIpc) is 2.89. The summed E-state index contributed by atoms with van der Waals surface area (Å²) in [6, 6.07) is 17.2. The van der Waals surface area contributed by atoms with E-state index < -0.39 is 22.0 Å². The highest BCUT2D eigenvalue weighted by atomic mass is 32.2. The number of sulfonamides is 1. The van der Waals surface area contributed by atoms with Crippen LogP contribution >= 0.6 is 0 Å². The second-order valence-corrected chi connectivity index (χ2v) is 11.4. The highest BCUT2D eigenvalue weighted by Gasteiger charge is 2.20. The molecule has 0 bridgehead atoms. The van der Waals surface area contributed by atoms with Crippen molar-refractivity contribution in [2.45, 2.75) is 51.5 Å². The standard InChI is InChI=1S/C19H24N2O4S.C11H15NO2/c1-12-9-13(2)18(14(3)10-12)26(23,24)21-16-7-5-15(6-8-16)11-17(20)19(22)25-4;1-8(11(13)14-2)7-9-3-5-10(12)6-4-9/h5-10,17,21H,11,20H2,1-4H3;3-6,8H,7,12H2,1-2H3. The molecule has 9 nitrogen and oxygen atoms in total. The molecule has 2 atom stereocenters. The zero-order chi connectivity index (χ0) is 30.0. The lowest BCUT2D eigenvalue weighted by Crippen LogP contribution is -2.33. The molecule has 3 aromatic rings. The van der Waals surface area contributed by atoms with Crippen molar-refractivity contribution in [3.05, 3.63) is 88.5 Å². The Morgan fingerprint density at radius 2 is 1.30 bits per heavy atom. The normalized spacial score (nSPS) is 12.4. The van der Waals surface area contributed by atoms with Crippen LogP contribution in [0.5, 0.6) is 0 Å². The van der Waals surface area contributed by atoms with Crippen LogP contribution in [-0.2, 0) is 41.9 Å². The molecular formula is C30H39N3O6S. The van der Waals surface area contributed by atoms with Gasteiger partial charge >= 0.3 is 11.9 Å². The van der Waals surface area contributed by atoms with Gasteiger partial charge < -0.3 is 20.9 Å². The van der Waals surface area contributed by atoms with E-state index in [9.17, 15) is 18.0 Å². The Balaban J connectivity index is 0.000000337. The highest BCUT2D eigenvalue weighted by molar-refractivity contribution is 7.92. The number of hydrogen-bond acceptors (Lipinski definition) is 8. The molecule has 0 radical (unpaired) electrons. The van der Waals surface area contributed by atoms with Gasteiger partial charge in [-0.15, -0.1) is 0 Å². The van der Waals surface area contributed by atoms with Crippen molar-refractivity contribution in [3.8, 4) is 0 Å². The lowest BCUT2D eigenvalue weighted by atomic mass is 10.0. The molecule has 0 saturated heterocycles. The van der Waals surface area contributed by atoms with Crippen molar-refractivity contribution in [3.63, 3.8) is 0 Å². The van der Waals surface area contributed by atoms with Crippen LogP contribution in [0.25, 0.3) is 0 Å². The molecule has 0 heterocycles. The number of esters is 2. The van der Waals surface area contributed by atoms with Gasteiger partial charge in [0.25, 0.3) is 10.0 Å². The number of ether oxygens (including phenoxy) is 2. The Morgan fingerprint density at radius 1 is 0.825 bits per heavy atom. The number of rotatable bonds is 9. The lowest BCUT2D eigenvalue weighted by molar-refractivity contribution is -0.145. The quantitative estimate of drug-likeness (QED) is 0.258. The summed E-state index contributed by atoms with van der Waals surface area (Å²) in [5.41, 5.74) is 16.8. The third-order valence-corrected chi connectivity index (χ3v) is 7.85. The van der Waals surface area contributed by atoms with Gasteiger partial charge in [-0.3, -0.25) is 14.3 Å². The van der Waals surface area contributed by atoms with Gasteiger partial charge in [-0.1, -0.05) is 48.9 Å². The van der Waals surface area contributed by atoms with Crippen molar-refractivity contribution in [2.75, 3.05) is 24.7 Å². The molecule has 0 amide bonds. The number of nitrogens with two attached hydrogens (primary N) is 2. The largest absolute Gasteiger partial charge is 0.469 e. The molecule has 3 aromatic carbocycles. The molecule has 2 unspecified atom stereocenters. The Bertz CT molecular complexity index is 1380. The van der Waals surface area contributed by atoms with Crippen LogP contribution in [0.1, 0.15) is 34.7 Å². The summed E-state index contributed by atoms with van der Waals surface area (Å²) in [4.78, 5) is 22.8. The number of nitrogens with one attached hydrogen (secondary N) is 1. The minimum atomic E-state index is -3.69. The lowest BCUT2D eigenvalue weighted by Gasteiger charge is -2.14. The van der Waals surface area contributed by atoms with E-state index in [1.807, 2.05) is 50.2 Å². The van der Waals surface area contributed by atoms with Crippen LogP contribution in [0.3, 0.4) is 0 Å². The van der Waals surface area contributed by atoms with Crippen molar-refractivity contribution >= 4 is 33.3 Å². The number of anilines is 2. The molecule has 3 rings (SSSR count). The Kier molecular flexibility index (Phi) is 11.7. The smallest absolute Gasteiger partial charge is 0.322 e. The minimum absolute atomic E-state index is 0.108.